The normalized spacial score (nSPS) is 24.6. The van der Waals surface area contributed by atoms with E-state index < -0.39 is 5.60 Å². The highest BCUT2D eigenvalue weighted by molar-refractivity contribution is 5.74. The zero-order chi connectivity index (χ0) is 13.8. The van der Waals surface area contributed by atoms with Crippen LogP contribution in [0.3, 0.4) is 0 Å². The minimum Gasteiger partial charge on any atom is -0.460 e. The summed E-state index contributed by atoms with van der Waals surface area (Å²) in [6.45, 7) is 6.05. The maximum atomic E-state index is 11.6. The van der Waals surface area contributed by atoms with Gasteiger partial charge in [-0.3, -0.25) is 9.59 Å². The maximum Gasteiger partial charge on any atom is 0.306 e. The quantitative estimate of drug-likeness (QED) is 0.772. The molecule has 1 rings (SSSR count). The fraction of sp³-hybridized carbons (Fsp3) is 0.846. The first-order chi connectivity index (χ1) is 8.26. The van der Waals surface area contributed by atoms with Crippen molar-refractivity contribution in [2.45, 2.75) is 58.2 Å². The molecule has 104 valence electrons. The minimum atomic E-state index is -0.443. The van der Waals surface area contributed by atoms with Crippen LogP contribution in [-0.2, 0) is 19.1 Å². The number of hydrogen-bond acceptors (Lipinski definition) is 4. The maximum absolute atomic E-state index is 11.6. The van der Waals surface area contributed by atoms with Crippen molar-refractivity contribution >= 4 is 11.9 Å². The smallest absolute Gasteiger partial charge is 0.306 e. The summed E-state index contributed by atoms with van der Waals surface area (Å²) in [4.78, 5) is 22.4. The van der Waals surface area contributed by atoms with E-state index in [1.807, 2.05) is 20.8 Å². The first kappa shape index (κ1) is 15.0. The number of nitrogens with two attached hydrogens (primary N) is 1. The highest BCUT2D eigenvalue weighted by Gasteiger charge is 2.26. The summed E-state index contributed by atoms with van der Waals surface area (Å²) in [5, 5.41) is 0. The van der Waals surface area contributed by atoms with Crippen LogP contribution >= 0.6 is 0 Å². The monoisotopic (exact) mass is 257 g/mol. The molecule has 2 atom stereocenters. The van der Waals surface area contributed by atoms with Gasteiger partial charge in [0, 0.05) is 0 Å². The van der Waals surface area contributed by atoms with Crippen LogP contribution in [0.2, 0.25) is 0 Å². The molecule has 0 saturated carbocycles. The van der Waals surface area contributed by atoms with E-state index in [0.29, 0.717) is 13.0 Å². The Bertz CT molecular complexity index is 301. The molecule has 1 heterocycles. The molecule has 0 aromatic rings. The molecule has 0 aliphatic carbocycles. The molecule has 0 aromatic heterocycles. The van der Waals surface area contributed by atoms with Crippen LogP contribution in [0.1, 0.15) is 46.5 Å². The van der Waals surface area contributed by atoms with Crippen LogP contribution in [0.5, 0.6) is 0 Å². The van der Waals surface area contributed by atoms with Crippen LogP contribution < -0.4 is 5.73 Å². The Morgan fingerprint density at radius 3 is 2.39 bits per heavy atom. The van der Waals surface area contributed by atoms with E-state index in [0.717, 1.165) is 12.8 Å². The van der Waals surface area contributed by atoms with Crippen LogP contribution in [-0.4, -0.2) is 30.2 Å². The minimum absolute atomic E-state index is 0.0858. The summed E-state index contributed by atoms with van der Waals surface area (Å²) in [6.07, 6.45) is 2.20. The van der Waals surface area contributed by atoms with Crippen LogP contribution in [0.4, 0.5) is 0 Å². The summed E-state index contributed by atoms with van der Waals surface area (Å²) in [5.74, 6) is -0.348. The molecular formula is C13H23NO4. The Morgan fingerprint density at radius 1 is 1.28 bits per heavy atom. The molecule has 1 aliphatic heterocycles. The summed E-state index contributed by atoms with van der Waals surface area (Å²) < 4.78 is 10.8. The number of rotatable bonds is 4. The largest absolute Gasteiger partial charge is 0.460 e. The van der Waals surface area contributed by atoms with Crippen molar-refractivity contribution in [3.8, 4) is 0 Å². The number of ether oxygens (including phenoxy) is 2. The second-order valence-corrected chi connectivity index (χ2v) is 5.86. The second kappa shape index (κ2) is 6.18. The van der Waals surface area contributed by atoms with Gasteiger partial charge in [-0.25, -0.2) is 0 Å². The van der Waals surface area contributed by atoms with E-state index in [-0.39, 0.29) is 30.3 Å². The standard InChI is InChI=1S/C13H23NO4/c1-13(2,3)18-12(16)6-9-4-5-10(17-8-9)7-11(14)15/h9-10H,4-8H2,1-3H3,(H2,14,15)/t9-,10-/m0/s1. The topological polar surface area (TPSA) is 78.6 Å². The van der Waals surface area contributed by atoms with Crippen molar-refractivity contribution in [1.29, 1.82) is 0 Å². The third-order valence-electron chi connectivity index (χ3n) is 2.77. The number of esters is 1. The van der Waals surface area contributed by atoms with Crippen molar-refractivity contribution in [2.75, 3.05) is 6.61 Å². The lowest BCUT2D eigenvalue weighted by Gasteiger charge is -2.29. The molecule has 2 N–H and O–H groups in total. The van der Waals surface area contributed by atoms with Crippen LogP contribution in [0, 0.1) is 5.92 Å². The third-order valence-corrected chi connectivity index (χ3v) is 2.77. The lowest BCUT2D eigenvalue weighted by molar-refractivity contribution is -0.158. The Morgan fingerprint density at radius 2 is 1.94 bits per heavy atom. The molecule has 1 saturated heterocycles. The Kier molecular flexibility index (Phi) is 5.14. The number of primary amides is 1. The van der Waals surface area contributed by atoms with E-state index in [2.05, 4.69) is 0 Å². The zero-order valence-corrected chi connectivity index (χ0v) is 11.4. The lowest BCUT2D eigenvalue weighted by Crippen LogP contribution is -2.32. The predicted octanol–water partition coefficient (Wildman–Crippen LogP) is 1.39. The highest BCUT2D eigenvalue weighted by Crippen LogP contribution is 2.24. The summed E-state index contributed by atoms with van der Waals surface area (Å²) in [6, 6.07) is 0. The van der Waals surface area contributed by atoms with Crippen molar-refractivity contribution in [1.82, 2.24) is 0 Å². The molecule has 1 aliphatic rings. The van der Waals surface area contributed by atoms with Crippen molar-refractivity contribution in [2.24, 2.45) is 11.7 Å². The van der Waals surface area contributed by atoms with Gasteiger partial charge >= 0.3 is 5.97 Å². The van der Waals surface area contributed by atoms with Gasteiger partial charge in [0.2, 0.25) is 5.91 Å². The summed E-state index contributed by atoms with van der Waals surface area (Å²) in [7, 11) is 0. The first-order valence-corrected chi connectivity index (χ1v) is 6.38. The Hall–Kier alpha value is -1.10. The molecule has 1 fully saturated rings. The van der Waals surface area contributed by atoms with Gasteiger partial charge in [0.05, 0.1) is 25.6 Å². The molecule has 0 radical (unpaired) electrons. The SMILES string of the molecule is CC(C)(C)OC(=O)C[C@@H]1CC[C@@H](CC(N)=O)OC1. The van der Waals surface area contributed by atoms with Crippen LogP contribution in [0.15, 0.2) is 0 Å². The van der Waals surface area contributed by atoms with E-state index in [1.54, 1.807) is 0 Å². The molecule has 0 unspecified atom stereocenters. The van der Waals surface area contributed by atoms with E-state index in [4.69, 9.17) is 15.2 Å². The van der Waals surface area contributed by atoms with Crippen LogP contribution in [0.25, 0.3) is 0 Å². The van der Waals surface area contributed by atoms with Gasteiger partial charge in [0.25, 0.3) is 0 Å². The number of carbonyl (C=O) groups excluding carboxylic acids is 2. The summed E-state index contributed by atoms with van der Waals surface area (Å²) in [5.41, 5.74) is 4.67. The van der Waals surface area contributed by atoms with Crippen molar-refractivity contribution in [3.63, 3.8) is 0 Å². The molecule has 0 bridgehead atoms. The molecule has 1 amide bonds. The number of hydrogen-bond donors (Lipinski definition) is 1. The molecule has 0 spiro atoms. The molecule has 5 nitrogen and oxygen atoms in total. The van der Waals surface area contributed by atoms with Gasteiger partial charge in [0.15, 0.2) is 0 Å². The Balaban J connectivity index is 2.27. The van der Waals surface area contributed by atoms with Crippen molar-refractivity contribution < 1.29 is 19.1 Å². The van der Waals surface area contributed by atoms with Gasteiger partial charge in [-0.2, -0.15) is 0 Å². The third kappa shape index (κ3) is 6.00. The molecule has 18 heavy (non-hydrogen) atoms. The van der Waals surface area contributed by atoms with Gasteiger partial charge < -0.3 is 15.2 Å². The molecular weight excluding hydrogens is 234 g/mol. The van der Waals surface area contributed by atoms with Gasteiger partial charge in [-0.15, -0.1) is 0 Å². The predicted molar refractivity (Wildman–Crippen MR) is 66.7 cm³/mol. The zero-order valence-electron chi connectivity index (χ0n) is 11.4. The van der Waals surface area contributed by atoms with Gasteiger partial charge in [0.1, 0.15) is 5.60 Å². The fourth-order valence-corrected chi connectivity index (χ4v) is 2.03. The fourth-order valence-electron chi connectivity index (χ4n) is 2.03. The molecule has 5 heteroatoms. The van der Waals surface area contributed by atoms with Gasteiger partial charge in [-0.05, 0) is 39.5 Å². The van der Waals surface area contributed by atoms with E-state index >= 15 is 0 Å². The number of carbonyl (C=O) groups is 2. The van der Waals surface area contributed by atoms with E-state index in [9.17, 15) is 9.59 Å². The first-order valence-electron chi connectivity index (χ1n) is 6.38. The molecule has 0 aromatic carbocycles. The Labute approximate surface area is 108 Å². The summed E-state index contributed by atoms with van der Waals surface area (Å²) >= 11 is 0. The average molecular weight is 257 g/mol. The van der Waals surface area contributed by atoms with Crippen molar-refractivity contribution in [3.05, 3.63) is 0 Å². The highest BCUT2D eigenvalue weighted by atomic mass is 16.6. The van der Waals surface area contributed by atoms with E-state index in [1.165, 1.54) is 0 Å². The number of amides is 1. The second-order valence-electron chi connectivity index (χ2n) is 5.86. The lowest BCUT2D eigenvalue weighted by atomic mass is 9.94. The average Bonchev–Trinajstić information content (AvgIpc) is 2.17. The van der Waals surface area contributed by atoms with Gasteiger partial charge in [-0.1, -0.05) is 0 Å².